The standard InChI is InChI=1S/C15H18N6/c1-3-21-10-12(9-17-21)8-16-14-6-4-5-13(7-14)15-18-11(2)19-20-15/h4-7,9-10,16H,3,8H2,1-2H3,(H,18,19,20). The first-order valence-corrected chi connectivity index (χ1v) is 6.99. The summed E-state index contributed by atoms with van der Waals surface area (Å²) in [6.45, 7) is 5.60. The van der Waals surface area contributed by atoms with Gasteiger partial charge in [0.15, 0.2) is 5.82 Å². The molecule has 0 bridgehead atoms. The van der Waals surface area contributed by atoms with Crippen molar-refractivity contribution in [3.05, 3.63) is 48.0 Å². The van der Waals surface area contributed by atoms with E-state index in [0.29, 0.717) is 0 Å². The molecule has 0 aliphatic heterocycles. The van der Waals surface area contributed by atoms with Gasteiger partial charge in [-0.05, 0) is 26.0 Å². The number of rotatable bonds is 5. The van der Waals surface area contributed by atoms with Crippen LogP contribution in [0.1, 0.15) is 18.3 Å². The highest BCUT2D eigenvalue weighted by Crippen LogP contribution is 2.19. The number of benzene rings is 1. The SMILES string of the molecule is CCn1cc(CNc2cccc(-c3n[nH]c(C)n3)c2)cn1. The summed E-state index contributed by atoms with van der Waals surface area (Å²) in [5.74, 6) is 1.53. The average molecular weight is 282 g/mol. The Morgan fingerprint density at radius 1 is 1.33 bits per heavy atom. The van der Waals surface area contributed by atoms with Crippen molar-refractivity contribution >= 4 is 5.69 Å². The van der Waals surface area contributed by atoms with Gasteiger partial charge in [0.05, 0.1) is 6.20 Å². The molecule has 0 saturated heterocycles. The Labute approximate surface area is 123 Å². The van der Waals surface area contributed by atoms with E-state index in [1.54, 1.807) is 0 Å². The van der Waals surface area contributed by atoms with E-state index in [1.165, 1.54) is 0 Å². The summed E-state index contributed by atoms with van der Waals surface area (Å²) in [4.78, 5) is 4.35. The first-order chi connectivity index (χ1) is 10.2. The molecule has 0 spiro atoms. The lowest BCUT2D eigenvalue weighted by Crippen LogP contribution is -1.99. The lowest BCUT2D eigenvalue weighted by atomic mass is 10.2. The summed E-state index contributed by atoms with van der Waals surface area (Å²) in [5, 5.41) is 14.7. The van der Waals surface area contributed by atoms with Gasteiger partial charge in [0.25, 0.3) is 0 Å². The molecule has 2 aromatic heterocycles. The molecule has 6 heteroatoms. The van der Waals surface area contributed by atoms with Gasteiger partial charge in [0.1, 0.15) is 5.82 Å². The van der Waals surface area contributed by atoms with Gasteiger partial charge in [-0.1, -0.05) is 12.1 Å². The van der Waals surface area contributed by atoms with Gasteiger partial charge in [-0.2, -0.15) is 10.2 Å². The number of anilines is 1. The Bertz CT molecular complexity index is 727. The van der Waals surface area contributed by atoms with Crippen LogP contribution in [0.15, 0.2) is 36.7 Å². The third-order valence-corrected chi connectivity index (χ3v) is 3.23. The van der Waals surface area contributed by atoms with Crippen LogP contribution in [0.25, 0.3) is 11.4 Å². The van der Waals surface area contributed by atoms with Crippen LogP contribution >= 0.6 is 0 Å². The van der Waals surface area contributed by atoms with Gasteiger partial charge in [-0.3, -0.25) is 9.78 Å². The fourth-order valence-corrected chi connectivity index (χ4v) is 2.11. The molecule has 0 aliphatic rings. The number of aromatic nitrogens is 5. The summed E-state index contributed by atoms with van der Waals surface area (Å²) in [6.07, 6.45) is 3.94. The van der Waals surface area contributed by atoms with Crippen molar-refractivity contribution in [1.82, 2.24) is 25.0 Å². The molecule has 3 rings (SSSR count). The molecular formula is C15H18N6. The minimum absolute atomic E-state index is 0.718. The van der Waals surface area contributed by atoms with Crippen LogP contribution in [0.5, 0.6) is 0 Å². The van der Waals surface area contributed by atoms with Gasteiger partial charge in [-0.15, -0.1) is 0 Å². The molecule has 0 atom stereocenters. The zero-order valence-electron chi connectivity index (χ0n) is 12.2. The second-order valence-electron chi connectivity index (χ2n) is 4.88. The maximum absolute atomic E-state index is 4.35. The highest BCUT2D eigenvalue weighted by Gasteiger charge is 2.04. The summed E-state index contributed by atoms with van der Waals surface area (Å²) < 4.78 is 1.92. The fourth-order valence-electron chi connectivity index (χ4n) is 2.11. The first kappa shape index (κ1) is 13.4. The van der Waals surface area contributed by atoms with E-state index in [-0.39, 0.29) is 0 Å². The minimum Gasteiger partial charge on any atom is -0.381 e. The molecule has 6 nitrogen and oxygen atoms in total. The van der Waals surface area contributed by atoms with Crippen molar-refractivity contribution < 1.29 is 0 Å². The monoisotopic (exact) mass is 282 g/mol. The van der Waals surface area contributed by atoms with Crippen LogP contribution in [0.3, 0.4) is 0 Å². The van der Waals surface area contributed by atoms with Crippen LogP contribution in [-0.4, -0.2) is 25.0 Å². The highest BCUT2D eigenvalue weighted by molar-refractivity contribution is 5.62. The Morgan fingerprint density at radius 3 is 2.95 bits per heavy atom. The molecule has 2 heterocycles. The van der Waals surface area contributed by atoms with Gasteiger partial charge in [-0.25, -0.2) is 4.98 Å². The largest absolute Gasteiger partial charge is 0.381 e. The van der Waals surface area contributed by atoms with Gasteiger partial charge in [0.2, 0.25) is 0 Å². The predicted octanol–water partition coefficient (Wildman–Crippen LogP) is 2.61. The number of aryl methyl sites for hydroxylation is 2. The zero-order valence-corrected chi connectivity index (χ0v) is 12.2. The van der Waals surface area contributed by atoms with E-state index < -0.39 is 0 Å². The molecule has 0 aliphatic carbocycles. The molecular weight excluding hydrogens is 264 g/mol. The fraction of sp³-hybridized carbons (Fsp3) is 0.267. The third kappa shape index (κ3) is 3.10. The van der Waals surface area contributed by atoms with E-state index in [0.717, 1.165) is 41.6 Å². The normalized spacial score (nSPS) is 10.8. The van der Waals surface area contributed by atoms with E-state index in [4.69, 9.17) is 0 Å². The van der Waals surface area contributed by atoms with Crippen LogP contribution in [0.2, 0.25) is 0 Å². The maximum Gasteiger partial charge on any atom is 0.181 e. The molecule has 1 aromatic carbocycles. The zero-order chi connectivity index (χ0) is 14.7. The molecule has 3 aromatic rings. The second-order valence-corrected chi connectivity index (χ2v) is 4.88. The molecule has 2 N–H and O–H groups in total. The predicted molar refractivity (Wildman–Crippen MR) is 81.8 cm³/mol. The third-order valence-electron chi connectivity index (χ3n) is 3.23. The molecule has 21 heavy (non-hydrogen) atoms. The van der Waals surface area contributed by atoms with Crippen molar-refractivity contribution in [2.45, 2.75) is 26.9 Å². The number of H-pyrrole nitrogens is 1. The minimum atomic E-state index is 0.718. The summed E-state index contributed by atoms with van der Waals surface area (Å²) >= 11 is 0. The first-order valence-electron chi connectivity index (χ1n) is 6.99. The van der Waals surface area contributed by atoms with Crippen LogP contribution in [0, 0.1) is 6.92 Å². The number of aromatic amines is 1. The van der Waals surface area contributed by atoms with Crippen molar-refractivity contribution in [3.63, 3.8) is 0 Å². The van der Waals surface area contributed by atoms with Crippen LogP contribution < -0.4 is 5.32 Å². The molecule has 0 saturated carbocycles. The topological polar surface area (TPSA) is 71.4 Å². The van der Waals surface area contributed by atoms with Gasteiger partial charge >= 0.3 is 0 Å². The van der Waals surface area contributed by atoms with E-state index in [2.05, 4.69) is 38.7 Å². The van der Waals surface area contributed by atoms with Crippen molar-refractivity contribution in [2.24, 2.45) is 0 Å². The number of hydrogen-bond donors (Lipinski definition) is 2. The average Bonchev–Trinajstić information content (AvgIpc) is 3.14. The molecule has 0 radical (unpaired) electrons. The van der Waals surface area contributed by atoms with Crippen LogP contribution in [-0.2, 0) is 13.1 Å². The van der Waals surface area contributed by atoms with Crippen molar-refractivity contribution in [2.75, 3.05) is 5.32 Å². The van der Waals surface area contributed by atoms with Crippen molar-refractivity contribution in [1.29, 1.82) is 0 Å². The second kappa shape index (κ2) is 5.78. The number of hydrogen-bond acceptors (Lipinski definition) is 4. The Hall–Kier alpha value is -2.63. The smallest absolute Gasteiger partial charge is 0.181 e. The van der Waals surface area contributed by atoms with Crippen molar-refractivity contribution in [3.8, 4) is 11.4 Å². The van der Waals surface area contributed by atoms with E-state index in [9.17, 15) is 0 Å². The number of nitrogens with one attached hydrogen (secondary N) is 2. The van der Waals surface area contributed by atoms with Gasteiger partial charge < -0.3 is 5.32 Å². The Balaban J connectivity index is 1.71. The van der Waals surface area contributed by atoms with Gasteiger partial charge in [0, 0.05) is 36.1 Å². The Kier molecular flexibility index (Phi) is 3.68. The highest BCUT2D eigenvalue weighted by atomic mass is 15.3. The molecule has 0 fully saturated rings. The summed E-state index contributed by atoms with van der Waals surface area (Å²) in [6, 6.07) is 8.09. The maximum atomic E-state index is 4.35. The lowest BCUT2D eigenvalue weighted by Gasteiger charge is -2.05. The lowest BCUT2D eigenvalue weighted by molar-refractivity contribution is 0.659. The quantitative estimate of drug-likeness (QED) is 0.754. The molecule has 0 amide bonds. The van der Waals surface area contributed by atoms with E-state index in [1.807, 2.05) is 42.1 Å². The Morgan fingerprint density at radius 2 is 2.24 bits per heavy atom. The summed E-state index contributed by atoms with van der Waals surface area (Å²) in [5.41, 5.74) is 3.20. The molecule has 0 unspecified atom stereocenters. The van der Waals surface area contributed by atoms with Crippen LogP contribution in [0.4, 0.5) is 5.69 Å². The van der Waals surface area contributed by atoms with E-state index >= 15 is 0 Å². The summed E-state index contributed by atoms with van der Waals surface area (Å²) in [7, 11) is 0. The number of nitrogens with zero attached hydrogens (tertiary/aromatic N) is 4. The molecule has 108 valence electrons.